The van der Waals surface area contributed by atoms with E-state index in [2.05, 4.69) is 10.3 Å². The first kappa shape index (κ1) is 13.6. The summed E-state index contributed by atoms with van der Waals surface area (Å²) in [5.41, 5.74) is 3.10. The van der Waals surface area contributed by atoms with Gasteiger partial charge in [-0.25, -0.2) is 0 Å². The summed E-state index contributed by atoms with van der Waals surface area (Å²) < 4.78 is 0. The Morgan fingerprint density at radius 3 is 2.89 bits per heavy atom. The van der Waals surface area contributed by atoms with Gasteiger partial charge in [-0.1, -0.05) is 25.1 Å². The van der Waals surface area contributed by atoms with Crippen LogP contribution in [0.15, 0.2) is 24.3 Å². The lowest BCUT2D eigenvalue weighted by atomic mass is 10.1. The second-order valence-corrected chi connectivity index (χ2v) is 4.82. The molecule has 4 nitrogen and oxygen atoms in total. The van der Waals surface area contributed by atoms with Crippen molar-refractivity contribution in [3.63, 3.8) is 0 Å². The summed E-state index contributed by atoms with van der Waals surface area (Å²) in [5.74, 6) is -0.0552. The van der Waals surface area contributed by atoms with E-state index in [1.165, 1.54) is 0 Å². The van der Waals surface area contributed by atoms with Crippen LogP contribution in [0.25, 0.3) is 10.9 Å². The van der Waals surface area contributed by atoms with Crippen LogP contribution in [0.3, 0.4) is 0 Å². The number of rotatable bonds is 5. The summed E-state index contributed by atoms with van der Waals surface area (Å²) in [6, 6.07) is 7.96. The first-order valence-electron chi connectivity index (χ1n) is 6.62. The molecular weight excluding hydrogens is 240 g/mol. The number of fused-ring (bicyclic) bond motifs is 1. The van der Waals surface area contributed by atoms with Crippen LogP contribution in [0.1, 0.15) is 24.6 Å². The Bertz CT molecular complexity index is 575. The highest BCUT2D eigenvalue weighted by Gasteiger charge is 2.12. The average Bonchev–Trinajstić information content (AvgIpc) is 2.72. The summed E-state index contributed by atoms with van der Waals surface area (Å²) in [4.78, 5) is 15.2. The largest absolute Gasteiger partial charge is 0.391 e. The molecule has 2 rings (SSSR count). The number of aromatic amines is 1. The van der Waals surface area contributed by atoms with Gasteiger partial charge in [0.2, 0.25) is 5.91 Å². The Morgan fingerprint density at radius 1 is 1.42 bits per heavy atom. The van der Waals surface area contributed by atoms with Crippen LogP contribution < -0.4 is 5.32 Å². The van der Waals surface area contributed by atoms with Crippen LogP contribution in [0.5, 0.6) is 0 Å². The van der Waals surface area contributed by atoms with Gasteiger partial charge >= 0.3 is 0 Å². The van der Waals surface area contributed by atoms with Gasteiger partial charge in [0, 0.05) is 23.1 Å². The number of aliphatic hydroxyl groups is 1. The van der Waals surface area contributed by atoms with Gasteiger partial charge in [-0.2, -0.15) is 0 Å². The molecule has 1 amide bonds. The van der Waals surface area contributed by atoms with E-state index in [0.717, 1.165) is 22.2 Å². The van der Waals surface area contributed by atoms with Gasteiger partial charge in [0.25, 0.3) is 0 Å². The Hall–Kier alpha value is -1.81. The molecule has 0 radical (unpaired) electrons. The van der Waals surface area contributed by atoms with E-state index >= 15 is 0 Å². The van der Waals surface area contributed by atoms with E-state index in [1.54, 1.807) is 0 Å². The Labute approximate surface area is 112 Å². The van der Waals surface area contributed by atoms with Crippen LogP contribution in [-0.4, -0.2) is 28.6 Å². The minimum atomic E-state index is -0.465. The predicted molar refractivity (Wildman–Crippen MR) is 76.0 cm³/mol. The molecule has 0 saturated carbocycles. The predicted octanol–water partition coefficient (Wildman–Crippen LogP) is 1.91. The lowest BCUT2D eigenvalue weighted by Gasteiger charge is -2.09. The number of aliphatic hydroxyl groups excluding tert-OH is 1. The third kappa shape index (κ3) is 3.15. The fourth-order valence-corrected chi connectivity index (χ4v) is 2.16. The number of hydrogen-bond donors (Lipinski definition) is 3. The zero-order valence-corrected chi connectivity index (χ0v) is 11.4. The molecule has 0 bridgehead atoms. The first-order chi connectivity index (χ1) is 9.11. The van der Waals surface area contributed by atoms with Crippen LogP contribution in [0.4, 0.5) is 0 Å². The molecule has 0 saturated heterocycles. The maximum Gasteiger partial charge on any atom is 0.224 e. The summed E-state index contributed by atoms with van der Waals surface area (Å²) in [7, 11) is 0. The third-order valence-corrected chi connectivity index (χ3v) is 3.37. The maximum atomic E-state index is 11.9. The highest BCUT2D eigenvalue weighted by molar-refractivity contribution is 5.90. The number of H-pyrrole nitrogens is 1. The van der Waals surface area contributed by atoms with E-state index in [-0.39, 0.29) is 5.91 Å². The molecule has 102 valence electrons. The van der Waals surface area contributed by atoms with Gasteiger partial charge in [0.1, 0.15) is 0 Å². The van der Waals surface area contributed by atoms with E-state index in [4.69, 9.17) is 0 Å². The van der Waals surface area contributed by atoms with E-state index in [0.29, 0.717) is 19.4 Å². The molecule has 4 heteroatoms. The van der Waals surface area contributed by atoms with Crippen molar-refractivity contribution < 1.29 is 9.90 Å². The van der Waals surface area contributed by atoms with Crippen molar-refractivity contribution in [3.05, 3.63) is 35.5 Å². The van der Waals surface area contributed by atoms with Gasteiger partial charge < -0.3 is 15.4 Å². The zero-order valence-electron chi connectivity index (χ0n) is 11.4. The molecule has 1 unspecified atom stereocenters. The lowest BCUT2D eigenvalue weighted by molar-refractivity contribution is -0.120. The second-order valence-electron chi connectivity index (χ2n) is 4.82. The van der Waals surface area contributed by atoms with Gasteiger partial charge in [-0.3, -0.25) is 4.79 Å². The summed E-state index contributed by atoms with van der Waals surface area (Å²) in [6.07, 6.45) is 0.520. The smallest absolute Gasteiger partial charge is 0.224 e. The van der Waals surface area contributed by atoms with Gasteiger partial charge in [0.15, 0.2) is 0 Å². The number of amides is 1. The molecule has 0 aliphatic rings. The number of benzene rings is 1. The van der Waals surface area contributed by atoms with E-state index < -0.39 is 6.10 Å². The van der Waals surface area contributed by atoms with Gasteiger partial charge in [-0.15, -0.1) is 0 Å². The first-order valence-corrected chi connectivity index (χ1v) is 6.62. The average molecular weight is 260 g/mol. The Morgan fingerprint density at radius 2 is 2.16 bits per heavy atom. The summed E-state index contributed by atoms with van der Waals surface area (Å²) in [5, 5.41) is 13.3. The maximum absolute atomic E-state index is 11.9. The van der Waals surface area contributed by atoms with Crippen LogP contribution >= 0.6 is 0 Å². The minimum Gasteiger partial charge on any atom is -0.391 e. The minimum absolute atomic E-state index is 0.0552. The number of hydrogen-bond acceptors (Lipinski definition) is 2. The number of para-hydroxylation sites is 1. The highest BCUT2D eigenvalue weighted by Crippen LogP contribution is 2.22. The highest BCUT2D eigenvalue weighted by atomic mass is 16.3. The molecule has 1 aromatic carbocycles. The number of carbonyl (C=O) groups excluding carboxylic acids is 1. The van der Waals surface area contributed by atoms with Crippen LogP contribution in [-0.2, 0) is 11.2 Å². The molecule has 0 aliphatic heterocycles. The van der Waals surface area contributed by atoms with Crippen molar-refractivity contribution in [1.29, 1.82) is 0 Å². The topological polar surface area (TPSA) is 65.1 Å². The van der Waals surface area contributed by atoms with Crippen LogP contribution in [0, 0.1) is 6.92 Å². The van der Waals surface area contributed by atoms with Gasteiger partial charge in [0.05, 0.1) is 12.5 Å². The molecular formula is C15H20N2O2. The summed E-state index contributed by atoms with van der Waals surface area (Å²) >= 11 is 0. The van der Waals surface area contributed by atoms with E-state index in [9.17, 15) is 9.90 Å². The number of aromatic nitrogens is 1. The fraction of sp³-hybridized carbons (Fsp3) is 0.400. The van der Waals surface area contributed by atoms with Crippen molar-refractivity contribution in [2.75, 3.05) is 6.54 Å². The number of nitrogens with one attached hydrogen (secondary N) is 2. The van der Waals surface area contributed by atoms with Crippen molar-refractivity contribution in [2.45, 2.75) is 32.8 Å². The quantitative estimate of drug-likeness (QED) is 0.769. The molecule has 19 heavy (non-hydrogen) atoms. The van der Waals surface area contributed by atoms with Gasteiger partial charge in [-0.05, 0) is 25.0 Å². The molecule has 1 atom stereocenters. The van der Waals surface area contributed by atoms with Crippen LogP contribution in [0.2, 0.25) is 0 Å². The van der Waals surface area contributed by atoms with Crippen molar-refractivity contribution in [2.24, 2.45) is 0 Å². The molecule has 2 aromatic rings. The Kier molecular flexibility index (Phi) is 4.22. The normalized spacial score (nSPS) is 12.6. The lowest BCUT2D eigenvalue weighted by Crippen LogP contribution is -2.32. The summed E-state index contributed by atoms with van der Waals surface area (Å²) in [6.45, 7) is 4.18. The number of aryl methyl sites for hydroxylation is 1. The van der Waals surface area contributed by atoms with Crippen molar-refractivity contribution in [1.82, 2.24) is 10.3 Å². The van der Waals surface area contributed by atoms with Crippen molar-refractivity contribution >= 4 is 16.8 Å². The monoisotopic (exact) mass is 260 g/mol. The Balaban J connectivity index is 2.08. The molecule has 1 aromatic heterocycles. The number of carbonyl (C=O) groups is 1. The molecule has 0 fully saturated rings. The SMILES string of the molecule is CCC(O)CNC(=O)Cc1c(C)[nH]c2ccccc12. The van der Waals surface area contributed by atoms with E-state index in [1.807, 2.05) is 38.1 Å². The fourth-order valence-electron chi connectivity index (χ4n) is 2.16. The molecule has 0 aliphatic carbocycles. The zero-order chi connectivity index (χ0) is 13.8. The molecule has 3 N–H and O–H groups in total. The van der Waals surface area contributed by atoms with Crippen molar-refractivity contribution in [3.8, 4) is 0 Å². The third-order valence-electron chi connectivity index (χ3n) is 3.37. The molecule has 1 heterocycles. The molecule has 0 spiro atoms. The second kappa shape index (κ2) is 5.89. The standard InChI is InChI=1S/C15H20N2O2/c1-3-11(18)9-16-15(19)8-13-10(2)17-14-7-5-4-6-12(13)14/h4-7,11,17-18H,3,8-9H2,1-2H3,(H,16,19).